The summed E-state index contributed by atoms with van der Waals surface area (Å²) in [6.07, 6.45) is 0. The van der Waals surface area contributed by atoms with E-state index in [0.29, 0.717) is 0 Å². The first-order valence-corrected chi connectivity index (χ1v) is 20.8. The molecule has 0 atom stereocenters. The van der Waals surface area contributed by atoms with Crippen molar-refractivity contribution < 1.29 is 0 Å². The SMILES string of the molecule is c1ccc(-c2ccccc2N(c2ccc3c(c2)C2(c4ccccc4Sc4ccccc42)c2ccc4ccccc4c2-3)c2cccc3sc4ccccc4c23)cc1. The zero-order chi connectivity index (χ0) is 36.8. The van der Waals surface area contributed by atoms with Crippen LogP contribution in [0.3, 0.4) is 0 Å². The number of hydrogen-bond donors (Lipinski definition) is 0. The van der Waals surface area contributed by atoms with Crippen LogP contribution < -0.4 is 4.90 Å². The molecule has 1 aromatic heterocycles. The molecule has 56 heavy (non-hydrogen) atoms. The minimum absolute atomic E-state index is 0.505. The summed E-state index contributed by atoms with van der Waals surface area (Å²) in [5.74, 6) is 0. The van der Waals surface area contributed by atoms with Crippen LogP contribution in [0, 0.1) is 0 Å². The summed E-state index contributed by atoms with van der Waals surface area (Å²) in [5, 5.41) is 5.13. The van der Waals surface area contributed by atoms with Gasteiger partial charge in [-0.25, -0.2) is 0 Å². The van der Waals surface area contributed by atoms with Crippen molar-refractivity contribution in [1.82, 2.24) is 0 Å². The molecule has 3 heteroatoms. The van der Waals surface area contributed by atoms with E-state index >= 15 is 0 Å². The summed E-state index contributed by atoms with van der Waals surface area (Å²) in [7, 11) is 0. The lowest BCUT2D eigenvalue weighted by molar-refractivity contribution is 0.723. The van der Waals surface area contributed by atoms with Crippen molar-refractivity contribution in [1.29, 1.82) is 0 Å². The van der Waals surface area contributed by atoms with Crippen LogP contribution in [-0.4, -0.2) is 0 Å². The van der Waals surface area contributed by atoms with Gasteiger partial charge in [0.1, 0.15) is 0 Å². The van der Waals surface area contributed by atoms with Gasteiger partial charge in [-0.2, -0.15) is 0 Å². The smallest absolute Gasteiger partial charge is 0.0736 e. The quantitative estimate of drug-likeness (QED) is 0.176. The van der Waals surface area contributed by atoms with Crippen molar-refractivity contribution in [3.8, 4) is 22.3 Å². The van der Waals surface area contributed by atoms with Crippen LogP contribution in [0.1, 0.15) is 22.3 Å². The topological polar surface area (TPSA) is 3.24 Å². The lowest BCUT2D eigenvalue weighted by Crippen LogP contribution is -2.32. The number of para-hydroxylation sites is 1. The minimum Gasteiger partial charge on any atom is -0.309 e. The molecular formula is C53H33NS2. The second kappa shape index (κ2) is 12.3. The highest BCUT2D eigenvalue weighted by Crippen LogP contribution is 2.64. The summed E-state index contributed by atoms with van der Waals surface area (Å²) in [5.41, 5.74) is 13.4. The van der Waals surface area contributed by atoms with Gasteiger partial charge in [0.2, 0.25) is 0 Å². The molecule has 0 unspecified atom stereocenters. The van der Waals surface area contributed by atoms with Crippen molar-refractivity contribution in [3.05, 3.63) is 222 Å². The molecule has 1 aliphatic carbocycles. The second-order valence-electron chi connectivity index (χ2n) is 14.8. The van der Waals surface area contributed by atoms with E-state index in [2.05, 4.69) is 205 Å². The number of thiophene rings is 1. The van der Waals surface area contributed by atoms with Crippen molar-refractivity contribution >= 4 is 71.1 Å². The molecule has 10 aromatic rings. The largest absolute Gasteiger partial charge is 0.309 e. The number of fused-ring (bicyclic) bond motifs is 14. The van der Waals surface area contributed by atoms with Crippen LogP contribution in [0.4, 0.5) is 17.1 Å². The third-order valence-corrected chi connectivity index (χ3v) is 14.2. The molecule has 0 amide bonds. The van der Waals surface area contributed by atoms with Gasteiger partial charge in [0.05, 0.1) is 16.8 Å². The summed E-state index contributed by atoms with van der Waals surface area (Å²) in [6, 6.07) is 74.6. The molecule has 0 N–H and O–H groups in total. The minimum atomic E-state index is -0.505. The average Bonchev–Trinajstić information content (AvgIpc) is 3.79. The lowest BCUT2D eigenvalue weighted by atomic mass is 9.67. The molecule has 0 radical (unpaired) electrons. The Balaban J connectivity index is 1.22. The van der Waals surface area contributed by atoms with Crippen molar-refractivity contribution in [2.75, 3.05) is 4.90 Å². The van der Waals surface area contributed by atoms with Crippen LogP contribution in [0.15, 0.2) is 210 Å². The highest BCUT2D eigenvalue weighted by atomic mass is 32.2. The molecule has 0 saturated carbocycles. The van der Waals surface area contributed by atoms with Crippen molar-refractivity contribution in [3.63, 3.8) is 0 Å². The number of hydrogen-bond acceptors (Lipinski definition) is 3. The van der Waals surface area contributed by atoms with Crippen LogP contribution in [0.2, 0.25) is 0 Å². The van der Waals surface area contributed by atoms with E-state index in [1.54, 1.807) is 0 Å². The van der Waals surface area contributed by atoms with Gasteiger partial charge in [0.25, 0.3) is 0 Å². The molecule has 9 aromatic carbocycles. The molecule has 1 spiro atoms. The Morgan fingerprint density at radius 2 is 1.07 bits per heavy atom. The van der Waals surface area contributed by atoms with Gasteiger partial charge in [-0.3, -0.25) is 0 Å². The zero-order valence-corrected chi connectivity index (χ0v) is 31.9. The summed E-state index contributed by atoms with van der Waals surface area (Å²) in [4.78, 5) is 5.16. The van der Waals surface area contributed by atoms with Gasteiger partial charge < -0.3 is 4.90 Å². The maximum atomic E-state index is 2.54. The third kappa shape index (κ3) is 4.44. The summed E-state index contributed by atoms with van der Waals surface area (Å²) >= 11 is 3.76. The van der Waals surface area contributed by atoms with Crippen LogP contribution in [0.5, 0.6) is 0 Å². The van der Waals surface area contributed by atoms with Crippen molar-refractivity contribution in [2.24, 2.45) is 0 Å². The molecule has 262 valence electrons. The first kappa shape index (κ1) is 31.9. The van der Waals surface area contributed by atoms with Gasteiger partial charge in [0, 0.05) is 41.2 Å². The number of anilines is 3. The molecular weight excluding hydrogens is 715 g/mol. The molecule has 2 heterocycles. The molecule has 0 saturated heterocycles. The standard InChI is InChI=1S/C53H33NS2/c1-2-15-34(16-3-1)37-18-6-10-23-45(37)54(46-24-14-28-50-52(46)40-20-7-11-25-47(40)55-50)36-30-31-39-44(33-36)53(43-32-29-35-17-4-5-19-38(35)51(39)43)41-21-8-12-26-48(41)56-49-27-13-9-22-42(49)53/h1-33H. The van der Waals surface area contributed by atoms with Crippen molar-refractivity contribution in [2.45, 2.75) is 15.2 Å². The Kier molecular flexibility index (Phi) is 7.01. The normalized spacial score (nSPS) is 13.4. The Morgan fingerprint density at radius 1 is 0.411 bits per heavy atom. The highest BCUT2D eigenvalue weighted by Gasteiger charge is 2.51. The van der Waals surface area contributed by atoms with E-state index in [4.69, 9.17) is 0 Å². The molecule has 1 nitrogen and oxygen atoms in total. The fourth-order valence-corrected chi connectivity index (χ4v) is 12.0. The van der Waals surface area contributed by atoms with E-state index in [0.717, 1.165) is 11.4 Å². The molecule has 1 aliphatic heterocycles. The Bertz CT molecular complexity index is 3150. The lowest BCUT2D eigenvalue weighted by Gasteiger charge is -2.40. The summed E-state index contributed by atoms with van der Waals surface area (Å²) < 4.78 is 2.59. The maximum Gasteiger partial charge on any atom is 0.0736 e. The van der Waals surface area contributed by atoms with Crippen LogP contribution >= 0.6 is 23.1 Å². The molecule has 0 fully saturated rings. The highest BCUT2D eigenvalue weighted by molar-refractivity contribution is 7.99. The van der Waals surface area contributed by atoms with E-state index in [9.17, 15) is 0 Å². The third-order valence-electron chi connectivity index (χ3n) is 11.9. The zero-order valence-electron chi connectivity index (χ0n) is 30.3. The van der Waals surface area contributed by atoms with E-state index in [1.807, 2.05) is 23.1 Å². The van der Waals surface area contributed by atoms with Gasteiger partial charge in [-0.1, -0.05) is 163 Å². The van der Waals surface area contributed by atoms with Crippen LogP contribution in [-0.2, 0) is 5.41 Å². The number of rotatable bonds is 4. The predicted molar refractivity (Wildman–Crippen MR) is 238 cm³/mol. The fraction of sp³-hybridized carbons (Fsp3) is 0.0189. The van der Waals surface area contributed by atoms with E-state index in [1.165, 1.54) is 90.9 Å². The fourth-order valence-electron chi connectivity index (χ4n) is 9.67. The number of nitrogens with zero attached hydrogens (tertiary/aromatic N) is 1. The second-order valence-corrected chi connectivity index (χ2v) is 16.9. The van der Waals surface area contributed by atoms with Gasteiger partial charge in [-0.15, -0.1) is 11.3 Å². The predicted octanol–water partition coefficient (Wildman–Crippen LogP) is 15.2. The monoisotopic (exact) mass is 747 g/mol. The molecule has 0 bridgehead atoms. The first-order chi connectivity index (χ1) is 27.8. The summed E-state index contributed by atoms with van der Waals surface area (Å²) in [6.45, 7) is 0. The van der Waals surface area contributed by atoms with Gasteiger partial charge in [-0.05, 0) is 98.2 Å². The Morgan fingerprint density at radius 3 is 1.91 bits per heavy atom. The van der Waals surface area contributed by atoms with E-state index < -0.39 is 5.41 Å². The first-order valence-electron chi connectivity index (χ1n) is 19.2. The van der Waals surface area contributed by atoms with Gasteiger partial charge >= 0.3 is 0 Å². The molecule has 2 aliphatic rings. The number of benzene rings is 9. The van der Waals surface area contributed by atoms with Gasteiger partial charge in [0.15, 0.2) is 0 Å². The Hall–Kier alpha value is -6.39. The van der Waals surface area contributed by atoms with E-state index in [-0.39, 0.29) is 0 Å². The van der Waals surface area contributed by atoms with Crippen LogP contribution in [0.25, 0.3) is 53.2 Å². The maximum absolute atomic E-state index is 2.54. The average molecular weight is 748 g/mol. The molecule has 12 rings (SSSR count). The Labute approximate surface area is 334 Å².